The fraction of sp³-hybridized carbons (Fsp3) is 0.130. The highest BCUT2D eigenvalue weighted by atomic mass is 35.5. The van der Waals surface area contributed by atoms with E-state index in [4.69, 9.17) is 21.0 Å². The van der Waals surface area contributed by atoms with Gasteiger partial charge < -0.3 is 15.1 Å². The average molecular weight is 446 g/mol. The molecule has 0 amide bonds. The van der Waals surface area contributed by atoms with Gasteiger partial charge in [-0.1, -0.05) is 41.0 Å². The second kappa shape index (κ2) is 7.97. The lowest BCUT2D eigenvalue weighted by Gasteiger charge is -2.15. The molecule has 0 spiro atoms. The van der Waals surface area contributed by atoms with Crippen molar-refractivity contribution in [1.29, 1.82) is 0 Å². The van der Waals surface area contributed by atoms with Gasteiger partial charge in [-0.2, -0.15) is 0 Å². The van der Waals surface area contributed by atoms with Crippen molar-refractivity contribution in [2.24, 2.45) is 0 Å². The van der Waals surface area contributed by atoms with Crippen molar-refractivity contribution < 1.29 is 4.42 Å². The Morgan fingerprint density at radius 1 is 1.00 bits per heavy atom. The van der Waals surface area contributed by atoms with Gasteiger partial charge in [0.05, 0.1) is 5.02 Å². The highest BCUT2D eigenvalue weighted by Gasteiger charge is 2.24. The lowest BCUT2D eigenvalue weighted by molar-refractivity contribution is 0.585. The van der Waals surface area contributed by atoms with Gasteiger partial charge in [-0.05, 0) is 43.2 Å². The van der Waals surface area contributed by atoms with E-state index in [-0.39, 0.29) is 0 Å². The molecule has 5 rings (SSSR count). The number of rotatable bonds is 5. The molecule has 0 aliphatic heterocycles. The summed E-state index contributed by atoms with van der Waals surface area (Å²) in [5, 5.41) is 15.1. The summed E-state index contributed by atoms with van der Waals surface area (Å²) < 4.78 is 7.65. The molecule has 2 aromatic carbocycles. The molecule has 160 valence electrons. The average Bonchev–Trinajstić information content (AvgIpc) is 3.41. The number of fused-ring (bicyclic) bond motifs is 1. The zero-order chi connectivity index (χ0) is 22.2. The van der Waals surface area contributed by atoms with Crippen LogP contribution in [0, 0.1) is 13.8 Å². The van der Waals surface area contributed by atoms with Crippen LogP contribution in [0.3, 0.4) is 0 Å². The van der Waals surface area contributed by atoms with Crippen LogP contribution >= 0.6 is 11.6 Å². The number of nitrogens with zero attached hydrogens (tertiary/aromatic N) is 5. The minimum atomic E-state index is 0.316. The van der Waals surface area contributed by atoms with Crippen molar-refractivity contribution in [2.75, 3.05) is 17.7 Å². The van der Waals surface area contributed by atoms with Gasteiger partial charge in [0.1, 0.15) is 11.5 Å². The smallest absolute Gasteiger partial charge is 0.315 e. The van der Waals surface area contributed by atoms with Crippen LogP contribution in [0.2, 0.25) is 5.02 Å². The molecule has 0 atom stereocenters. The normalized spacial score (nSPS) is 11.1. The minimum Gasteiger partial charge on any atom is -0.403 e. The fourth-order valence-electron chi connectivity index (χ4n) is 3.69. The van der Waals surface area contributed by atoms with Crippen LogP contribution in [0.25, 0.3) is 28.5 Å². The predicted molar refractivity (Wildman–Crippen MR) is 125 cm³/mol. The molecule has 0 saturated carbocycles. The van der Waals surface area contributed by atoms with Gasteiger partial charge in [0.15, 0.2) is 0 Å². The number of halogens is 1. The minimum absolute atomic E-state index is 0.316. The van der Waals surface area contributed by atoms with E-state index in [0.717, 1.165) is 22.6 Å². The second-order valence-corrected chi connectivity index (χ2v) is 7.72. The number of aromatic nitrogens is 5. The van der Waals surface area contributed by atoms with Crippen LogP contribution in [0.15, 0.2) is 59.3 Å². The van der Waals surface area contributed by atoms with Crippen LogP contribution in [0.1, 0.15) is 11.1 Å². The Kier molecular flexibility index (Phi) is 4.99. The number of aryl methyl sites for hydroxylation is 2. The first kappa shape index (κ1) is 20.0. The quantitative estimate of drug-likeness (QED) is 0.368. The molecule has 0 fully saturated rings. The van der Waals surface area contributed by atoms with E-state index in [1.165, 1.54) is 0 Å². The number of hydrogen-bond donors (Lipinski definition) is 2. The predicted octanol–water partition coefficient (Wildman–Crippen LogP) is 5.50. The molecule has 0 radical (unpaired) electrons. The van der Waals surface area contributed by atoms with Crippen LogP contribution in [0.5, 0.6) is 0 Å². The van der Waals surface area contributed by atoms with Crippen molar-refractivity contribution >= 4 is 34.9 Å². The van der Waals surface area contributed by atoms with Crippen LogP contribution in [0.4, 0.5) is 17.5 Å². The van der Waals surface area contributed by atoms with Gasteiger partial charge in [0.2, 0.25) is 11.7 Å². The third-order valence-electron chi connectivity index (χ3n) is 5.25. The Labute approximate surface area is 189 Å². The molecule has 0 aliphatic carbocycles. The SMILES string of the molecule is CNc1nnc(-c2cccc(Cl)c2-c2nc3ncccn3c2Nc2c(C)cccc2C)o1. The van der Waals surface area contributed by atoms with E-state index < -0.39 is 0 Å². The van der Waals surface area contributed by atoms with Crippen molar-refractivity contribution in [3.05, 3.63) is 71.0 Å². The van der Waals surface area contributed by atoms with E-state index in [1.807, 2.05) is 40.9 Å². The molecule has 0 aliphatic rings. The molecule has 3 heterocycles. The Hall–Kier alpha value is -3.91. The number of imidazole rings is 1. The topological polar surface area (TPSA) is 93.2 Å². The summed E-state index contributed by atoms with van der Waals surface area (Å²) >= 11 is 6.72. The summed E-state index contributed by atoms with van der Waals surface area (Å²) in [6.07, 6.45) is 3.62. The Bertz CT molecular complexity index is 1420. The molecular formula is C23H20ClN7O. The molecule has 0 bridgehead atoms. The number of anilines is 3. The monoisotopic (exact) mass is 445 g/mol. The van der Waals surface area contributed by atoms with Gasteiger partial charge in [-0.25, -0.2) is 9.97 Å². The van der Waals surface area contributed by atoms with Crippen LogP contribution < -0.4 is 10.6 Å². The first-order chi connectivity index (χ1) is 15.6. The maximum Gasteiger partial charge on any atom is 0.315 e. The number of nitrogens with one attached hydrogen (secondary N) is 2. The zero-order valence-electron chi connectivity index (χ0n) is 17.7. The summed E-state index contributed by atoms with van der Waals surface area (Å²) in [7, 11) is 1.72. The van der Waals surface area contributed by atoms with Crippen molar-refractivity contribution in [1.82, 2.24) is 24.6 Å². The van der Waals surface area contributed by atoms with Gasteiger partial charge in [-0.3, -0.25) is 4.40 Å². The Morgan fingerprint density at radius 2 is 1.78 bits per heavy atom. The summed E-state index contributed by atoms with van der Waals surface area (Å²) in [5.74, 6) is 1.63. The summed E-state index contributed by atoms with van der Waals surface area (Å²) in [4.78, 5) is 9.24. The largest absolute Gasteiger partial charge is 0.403 e. The lowest BCUT2D eigenvalue weighted by Crippen LogP contribution is -2.01. The van der Waals surface area contributed by atoms with Gasteiger partial charge in [0, 0.05) is 36.3 Å². The second-order valence-electron chi connectivity index (χ2n) is 7.32. The fourth-order valence-corrected chi connectivity index (χ4v) is 3.95. The van der Waals surface area contributed by atoms with E-state index in [9.17, 15) is 0 Å². The van der Waals surface area contributed by atoms with E-state index in [1.54, 1.807) is 13.2 Å². The Balaban J connectivity index is 1.77. The molecule has 2 N–H and O–H groups in total. The van der Waals surface area contributed by atoms with Crippen LogP contribution in [-0.4, -0.2) is 31.6 Å². The molecule has 32 heavy (non-hydrogen) atoms. The summed E-state index contributed by atoms with van der Waals surface area (Å²) in [6.45, 7) is 4.13. The molecule has 9 heteroatoms. The number of hydrogen-bond acceptors (Lipinski definition) is 7. The molecule has 0 saturated heterocycles. The first-order valence-corrected chi connectivity index (χ1v) is 10.4. The lowest BCUT2D eigenvalue weighted by atomic mass is 10.0. The zero-order valence-corrected chi connectivity index (χ0v) is 18.5. The van der Waals surface area contributed by atoms with Crippen LogP contribution in [-0.2, 0) is 0 Å². The standard InChI is InChI=1S/C23H20ClN7O/c1-13-7-4-8-14(2)18(13)27-20-19(28-22-26-11-6-12-31(20)22)17-15(9-5-10-16(17)24)21-29-30-23(25-3)32-21/h4-12,27H,1-3H3,(H,25,30). The molecule has 5 aromatic rings. The van der Waals surface area contributed by atoms with Gasteiger partial charge in [0.25, 0.3) is 0 Å². The van der Waals surface area contributed by atoms with Crippen molar-refractivity contribution in [2.45, 2.75) is 13.8 Å². The maximum atomic E-state index is 6.72. The van der Waals surface area contributed by atoms with E-state index in [0.29, 0.717) is 39.5 Å². The van der Waals surface area contributed by atoms with Crippen molar-refractivity contribution in [3.63, 3.8) is 0 Å². The summed E-state index contributed by atoms with van der Waals surface area (Å²) in [5.41, 5.74) is 5.23. The first-order valence-electron chi connectivity index (χ1n) is 10.0. The van der Waals surface area contributed by atoms with Gasteiger partial charge in [-0.15, -0.1) is 5.10 Å². The molecule has 0 unspecified atom stereocenters. The highest BCUT2D eigenvalue weighted by molar-refractivity contribution is 6.34. The Morgan fingerprint density at radius 3 is 2.53 bits per heavy atom. The van der Waals surface area contributed by atoms with Crippen molar-refractivity contribution in [3.8, 4) is 22.7 Å². The number of benzene rings is 2. The third-order valence-corrected chi connectivity index (χ3v) is 5.56. The highest BCUT2D eigenvalue weighted by Crippen LogP contribution is 2.41. The molecular weight excluding hydrogens is 426 g/mol. The summed E-state index contributed by atoms with van der Waals surface area (Å²) in [6, 6.07) is 13.9. The number of para-hydroxylation sites is 1. The maximum absolute atomic E-state index is 6.72. The van der Waals surface area contributed by atoms with E-state index in [2.05, 4.69) is 51.8 Å². The van der Waals surface area contributed by atoms with E-state index >= 15 is 0 Å². The molecule has 3 aromatic heterocycles. The van der Waals surface area contributed by atoms with Gasteiger partial charge >= 0.3 is 6.01 Å². The third kappa shape index (κ3) is 3.34. The molecule has 8 nitrogen and oxygen atoms in total.